The van der Waals surface area contributed by atoms with Gasteiger partial charge in [0, 0.05) is 5.41 Å². The molecule has 0 N–H and O–H groups in total. The molecule has 0 aromatic heterocycles. The van der Waals surface area contributed by atoms with Crippen molar-refractivity contribution < 1.29 is 14.3 Å². The van der Waals surface area contributed by atoms with E-state index in [2.05, 4.69) is 0 Å². The Bertz CT molecular complexity index is 212. The molecule has 1 aliphatic rings. The lowest BCUT2D eigenvalue weighted by molar-refractivity contribution is -0.137. The van der Waals surface area contributed by atoms with Crippen LogP contribution in [0, 0.1) is 11.3 Å². The summed E-state index contributed by atoms with van der Waals surface area (Å²) >= 11 is 0. The van der Waals surface area contributed by atoms with Crippen LogP contribution < -0.4 is 0 Å². The Labute approximate surface area is 72.1 Å². The van der Waals surface area contributed by atoms with Gasteiger partial charge in [0.05, 0.1) is 12.3 Å². The first-order valence-electron chi connectivity index (χ1n) is 4.11. The van der Waals surface area contributed by atoms with Crippen LogP contribution in [-0.2, 0) is 14.3 Å². The van der Waals surface area contributed by atoms with Gasteiger partial charge in [-0.1, -0.05) is 20.8 Å². The largest absolute Gasteiger partial charge is 0.465 e. The van der Waals surface area contributed by atoms with E-state index in [1.165, 1.54) is 0 Å². The second kappa shape index (κ2) is 2.88. The minimum atomic E-state index is -0.362. The minimum absolute atomic E-state index is 0.119. The molecular formula is C9H14O3. The second-order valence-corrected chi connectivity index (χ2v) is 4.20. The molecule has 0 aromatic rings. The summed E-state index contributed by atoms with van der Waals surface area (Å²) in [4.78, 5) is 22.3. The Morgan fingerprint density at radius 2 is 2.08 bits per heavy atom. The van der Waals surface area contributed by atoms with E-state index < -0.39 is 0 Å². The Morgan fingerprint density at radius 1 is 1.50 bits per heavy atom. The number of esters is 1. The highest BCUT2D eigenvalue weighted by Crippen LogP contribution is 2.25. The van der Waals surface area contributed by atoms with Gasteiger partial charge in [-0.3, -0.25) is 9.59 Å². The number of rotatable bonds is 1. The van der Waals surface area contributed by atoms with Gasteiger partial charge in [0.15, 0.2) is 0 Å². The molecule has 0 aliphatic carbocycles. The van der Waals surface area contributed by atoms with E-state index in [-0.39, 0.29) is 36.1 Å². The molecule has 0 amide bonds. The third-order valence-corrected chi connectivity index (χ3v) is 1.97. The molecule has 12 heavy (non-hydrogen) atoms. The van der Waals surface area contributed by atoms with Crippen molar-refractivity contribution in [3.8, 4) is 0 Å². The van der Waals surface area contributed by atoms with Crippen LogP contribution in [0.3, 0.4) is 0 Å². The number of carbonyl (C=O) groups excluding carboxylic acids is 2. The zero-order valence-corrected chi connectivity index (χ0v) is 7.72. The SMILES string of the molecule is CC(C)(C)C(=O)[C@H]1COC(=O)C1. The average molecular weight is 170 g/mol. The van der Waals surface area contributed by atoms with E-state index in [9.17, 15) is 9.59 Å². The van der Waals surface area contributed by atoms with E-state index in [1.54, 1.807) is 0 Å². The normalized spacial score (nSPS) is 23.9. The fourth-order valence-electron chi connectivity index (χ4n) is 1.29. The Balaban J connectivity index is 2.61. The van der Waals surface area contributed by atoms with Crippen molar-refractivity contribution in [3.05, 3.63) is 0 Å². The molecule has 0 bridgehead atoms. The van der Waals surface area contributed by atoms with E-state index in [0.717, 1.165) is 0 Å². The summed E-state index contributed by atoms with van der Waals surface area (Å²) in [5, 5.41) is 0. The number of Topliss-reactive ketones (excluding diaryl/α,β-unsaturated/α-hetero) is 1. The maximum Gasteiger partial charge on any atom is 0.306 e. The monoisotopic (exact) mass is 170 g/mol. The Kier molecular flexibility index (Phi) is 2.22. The van der Waals surface area contributed by atoms with Crippen LogP contribution in [0.15, 0.2) is 0 Å². The van der Waals surface area contributed by atoms with Crippen molar-refractivity contribution in [1.29, 1.82) is 0 Å². The number of ether oxygens (including phenoxy) is 1. The third kappa shape index (κ3) is 1.84. The molecule has 3 heteroatoms. The van der Waals surface area contributed by atoms with Crippen LogP contribution in [0.25, 0.3) is 0 Å². The van der Waals surface area contributed by atoms with E-state index >= 15 is 0 Å². The first-order chi connectivity index (χ1) is 5.41. The molecule has 0 radical (unpaired) electrons. The van der Waals surface area contributed by atoms with Gasteiger partial charge in [-0.2, -0.15) is 0 Å². The maximum atomic E-state index is 11.6. The Morgan fingerprint density at radius 3 is 2.42 bits per heavy atom. The van der Waals surface area contributed by atoms with Crippen molar-refractivity contribution in [1.82, 2.24) is 0 Å². The number of carbonyl (C=O) groups is 2. The molecule has 0 spiro atoms. The number of hydrogen-bond donors (Lipinski definition) is 0. The van der Waals surface area contributed by atoms with Gasteiger partial charge in [0.25, 0.3) is 0 Å². The van der Waals surface area contributed by atoms with Crippen molar-refractivity contribution in [2.45, 2.75) is 27.2 Å². The van der Waals surface area contributed by atoms with Gasteiger partial charge in [-0.25, -0.2) is 0 Å². The fraction of sp³-hybridized carbons (Fsp3) is 0.778. The molecule has 0 saturated carbocycles. The van der Waals surface area contributed by atoms with Gasteiger partial charge in [-0.05, 0) is 0 Å². The van der Waals surface area contributed by atoms with Crippen molar-refractivity contribution in [3.63, 3.8) is 0 Å². The van der Waals surface area contributed by atoms with Crippen LogP contribution in [0.1, 0.15) is 27.2 Å². The molecule has 3 nitrogen and oxygen atoms in total. The predicted octanol–water partition coefficient (Wildman–Crippen LogP) is 1.16. The van der Waals surface area contributed by atoms with Gasteiger partial charge in [0.1, 0.15) is 12.4 Å². The summed E-state index contributed by atoms with van der Waals surface area (Å²) in [6.45, 7) is 5.85. The summed E-state index contributed by atoms with van der Waals surface area (Å²) < 4.78 is 4.72. The highest BCUT2D eigenvalue weighted by Gasteiger charge is 2.35. The first-order valence-corrected chi connectivity index (χ1v) is 4.11. The van der Waals surface area contributed by atoms with Gasteiger partial charge in [0.2, 0.25) is 0 Å². The summed E-state index contributed by atoms with van der Waals surface area (Å²) in [6.07, 6.45) is 0.260. The van der Waals surface area contributed by atoms with Crippen LogP contribution >= 0.6 is 0 Å². The van der Waals surface area contributed by atoms with Crippen molar-refractivity contribution >= 4 is 11.8 Å². The summed E-state index contributed by atoms with van der Waals surface area (Å²) in [7, 11) is 0. The molecular weight excluding hydrogens is 156 g/mol. The topological polar surface area (TPSA) is 43.4 Å². The fourth-order valence-corrected chi connectivity index (χ4v) is 1.29. The lowest BCUT2D eigenvalue weighted by Gasteiger charge is -2.19. The predicted molar refractivity (Wildman–Crippen MR) is 43.5 cm³/mol. The molecule has 1 atom stereocenters. The van der Waals surface area contributed by atoms with E-state index in [1.807, 2.05) is 20.8 Å². The van der Waals surface area contributed by atoms with E-state index in [4.69, 9.17) is 4.74 Å². The van der Waals surface area contributed by atoms with E-state index in [0.29, 0.717) is 0 Å². The summed E-state index contributed by atoms with van der Waals surface area (Å²) in [5.41, 5.74) is -0.362. The van der Waals surface area contributed by atoms with Crippen LogP contribution in [0.4, 0.5) is 0 Å². The van der Waals surface area contributed by atoms with Gasteiger partial charge in [-0.15, -0.1) is 0 Å². The van der Waals surface area contributed by atoms with Crippen LogP contribution in [0.5, 0.6) is 0 Å². The smallest absolute Gasteiger partial charge is 0.306 e. The zero-order chi connectivity index (χ0) is 9.35. The standard InChI is InChI=1S/C9H14O3/c1-9(2,3)8(11)6-4-7(10)12-5-6/h6H,4-5H2,1-3H3/t6-/m1/s1. The summed E-state index contributed by atoms with van der Waals surface area (Å²) in [6, 6.07) is 0. The first kappa shape index (κ1) is 9.23. The highest BCUT2D eigenvalue weighted by atomic mass is 16.5. The molecule has 1 fully saturated rings. The average Bonchev–Trinajstić information content (AvgIpc) is 2.32. The molecule has 1 rings (SSSR count). The lowest BCUT2D eigenvalue weighted by atomic mass is 9.83. The quantitative estimate of drug-likeness (QED) is 0.555. The maximum absolute atomic E-state index is 11.6. The van der Waals surface area contributed by atoms with Crippen LogP contribution in [0.2, 0.25) is 0 Å². The third-order valence-electron chi connectivity index (χ3n) is 1.97. The second-order valence-electron chi connectivity index (χ2n) is 4.20. The lowest BCUT2D eigenvalue weighted by Crippen LogP contribution is -2.28. The Hall–Kier alpha value is -0.860. The number of hydrogen-bond acceptors (Lipinski definition) is 3. The van der Waals surface area contributed by atoms with Gasteiger partial charge >= 0.3 is 5.97 Å². The molecule has 1 heterocycles. The number of ketones is 1. The minimum Gasteiger partial charge on any atom is -0.465 e. The molecule has 68 valence electrons. The number of cyclic esters (lactones) is 1. The molecule has 1 saturated heterocycles. The summed E-state index contributed by atoms with van der Waals surface area (Å²) in [5.74, 6) is -0.344. The molecule has 0 aromatic carbocycles. The van der Waals surface area contributed by atoms with Crippen molar-refractivity contribution in [2.75, 3.05) is 6.61 Å². The zero-order valence-electron chi connectivity index (χ0n) is 7.72. The highest BCUT2D eigenvalue weighted by molar-refractivity contribution is 5.90. The molecule has 0 unspecified atom stereocenters. The molecule has 1 aliphatic heterocycles. The van der Waals surface area contributed by atoms with Gasteiger partial charge < -0.3 is 4.74 Å². The van der Waals surface area contributed by atoms with Crippen LogP contribution in [-0.4, -0.2) is 18.4 Å². The van der Waals surface area contributed by atoms with Crippen molar-refractivity contribution in [2.24, 2.45) is 11.3 Å².